The maximum atomic E-state index is 13.1. The third-order valence-electron chi connectivity index (χ3n) is 3.97. The molecule has 0 N–H and O–H groups in total. The van der Waals surface area contributed by atoms with Crippen molar-refractivity contribution in [2.45, 2.75) is 18.0 Å². The molecule has 0 aliphatic heterocycles. The van der Waals surface area contributed by atoms with E-state index in [-0.39, 0.29) is 12.3 Å². The van der Waals surface area contributed by atoms with Crippen LogP contribution in [0.5, 0.6) is 0 Å². The van der Waals surface area contributed by atoms with Crippen molar-refractivity contribution in [2.24, 2.45) is 0 Å². The van der Waals surface area contributed by atoms with E-state index < -0.39 is 60.5 Å². The maximum absolute atomic E-state index is 13.1. The molecule has 0 atom stereocenters. The summed E-state index contributed by atoms with van der Waals surface area (Å²) < 4.78 is 69.7. The summed E-state index contributed by atoms with van der Waals surface area (Å²) in [6.45, 7) is 1.39. The first-order valence-electron chi connectivity index (χ1n) is 8.38. The lowest BCUT2D eigenvalue weighted by molar-refractivity contribution is -0.137. The van der Waals surface area contributed by atoms with Gasteiger partial charge in [-0.2, -0.15) is 23.5 Å². The fourth-order valence-electron chi connectivity index (χ4n) is 2.60. The third-order valence-corrected chi connectivity index (χ3v) is 5.67. The van der Waals surface area contributed by atoms with Crippen molar-refractivity contribution in [3.63, 3.8) is 0 Å². The van der Waals surface area contributed by atoms with Gasteiger partial charge in [-0.15, -0.1) is 0 Å². The molecule has 2 rings (SSSR count). The van der Waals surface area contributed by atoms with Gasteiger partial charge in [0, 0.05) is 19.9 Å². The first-order valence-corrected chi connectivity index (χ1v) is 11.0. The molecule has 31 heavy (non-hydrogen) atoms. The van der Waals surface area contributed by atoms with E-state index in [2.05, 4.69) is 5.10 Å². The molecule has 0 aliphatic carbocycles. The third kappa shape index (κ3) is 5.12. The van der Waals surface area contributed by atoms with Crippen LogP contribution in [0.1, 0.15) is 18.2 Å². The highest BCUT2D eigenvalue weighted by molar-refractivity contribution is 7.91. The van der Waals surface area contributed by atoms with Crippen molar-refractivity contribution in [3.8, 4) is 11.8 Å². The van der Waals surface area contributed by atoms with Crippen LogP contribution in [0.15, 0.2) is 17.0 Å². The van der Waals surface area contributed by atoms with Gasteiger partial charge in [0.05, 0.1) is 15.6 Å². The number of nitriles is 1. The predicted molar refractivity (Wildman–Crippen MR) is 106 cm³/mol. The summed E-state index contributed by atoms with van der Waals surface area (Å²) in [4.78, 5) is 12.7. The molecule has 0 saturated carbocycles. The number of carbonyl (C=O) groups is 1. The van der Waals surface area contributed by atoms with Crippen LogP contribution in [0.4, 0.5) is 19.0 Å². The molecule has 1 aromatic heterocycles. The maximum Gasteiger partial charge on any atom is 0.416 e. The number of rotatable bonds is 6. The SMILES string of the molecule is CCOCC(=O)N(C)c1c(S(C)(=O)=O)c(C#N)nn1-c1c(Cl)cc(C(F)(F)F)cc1Cl. The van der Waals surface area contributed by atoms with Crippen LogP contribution in [0.25, 0.3) is 5.69 Å². The average Bonchev–Trinajstić information content (AvgIpc) is 3.03. The van der Waals surface area contributed by atoms with E-state index in [4.69, 9.17) is 27.9 Å². The molecule has 2 aromatic rings. The Kier molecular flexibility index (Phi) is 7.27. The Balaban J connectivity index is 2.88. The highest BCUT2D eigenvalue weighted by atomic mass is 35.5. The lowest BCUT2D eigenvalue weighted by Gasteiger charge is -2.21. The molecule has 0 radical (unpaired) electrons. The van der Waals surface area contributed by atoms with Gasteiger partial charge in [-0.05, 0) is 19.1 Å². The van der Waals surface area contributed by atoms with Crippen LogP contribution in [0.3, 0.4) is 0 Å². The number of hydrogen-bond acceptors (Lipinski definition) is 6. The number of anilines is 1. The number of benzene rings is 1. The summed E-state index contributed by atoms with van der Waals surface area (Å²) in [6.07, 6.45) is -3.96. The minimum absolute atomic E-state index is 0.192. The second-order valence-electron chi connectivity index (χ2n) is 6.17. The number of sulfone groups is 1. The zero-order valence-electron chi connectivity index (χ0n) is 16.3. The van der Waals surface area contributed by atoms with Crippen LogP contribution in [0, 0.1) is 11.3 Å². The molecule has 0 bridgehead atoms. The topological polar surface area (TPSA) is 105 Å². The predicted octanol–water partition coefficient (Wildman–Crippen LogP) is 3.47. The van der Waals surface area contributed by atoms with Crippen LogP contribution < -0.4 is 4.90 Å². The van der Waals surface area contributed by atoms with Gasteiger partial charge in [-0.3, -0.25) is 9.69 Å². The van der Waals surface area contributed by atoms with Crippen LogP contribution in [-0.2, 0) is 25.5 Å². The highest BCUT2D eigenvalue weighted by Gasteiger charge is 2.35. The van der Waals surface area contributed by atoms with E-state index in [1.54, 1.807) is 13.0 Å². The zero-order chi connectivity index (χ0) is 23.7. The summed E-state index contributed by atoms with van der Waals surface area (Å²) in [5, 5.41) is 12.2. The van der Waals surface area contributed by atoms with E-state index in [1.165, 1.54) is 7.05 Å². The molecule has 14 heteroatoms. The van der Waals surface area contributed by atoms with Gasteiger partial charge in [-0.25, -0.2) is 13.1 Å². The van der Waals surface area contributed by atoms with Crippen molar-refractivity contribution < 1.29 is 31.1 Å². The van der Waals surface area contributed by atoms with Crippen molar-refractivity contribution in [1.82, 2.24) is 9.78 Å². The molecule has 0 saturated heterocycles. The minimum atomic E-state index is -4.75. The Morgan fingerprint density at radius 2 is 1.87 bits per heavy atom. The van der Waals surface area contributed by atoms with Gasteiger partial charge >= 0.3 is 6.18 Å². The molecular formula is C17H15Cl2F3N4O4S. The van der Waals surface area contributed by atoms with Crippen molar-refractivity contribution in [3.05, 3.63) is 33.4 Å². The molecule has 1 amide bonds. The normalized spacial score (nSPS) is 12.0. The fourth-order valence-corrected chi connectivity index (χ4v) is 4.24. The average molecular weight is 499 g/mol. The highest BCUT2D eigenvalue weighted by Crippen LogP contribution is 2.40. The number of halogens is 5. The summed E-state index contributed by atoms with van der Waals surface area (Å²) in [5.41, 5.74) is -2.08. The lowest BCUT2D eigenvalue weighted by Crippen LogP contribution is -2.33. The van der Waals surface area contributed by atoms with Crippen molar-refractivity contribution in [2.75, 3.05) is 31.4 Å². The number of alkyl halides is 3. The Morgan fingerprint density at radius 3 is 2.29 bits per heavy atom. The van der Waals surface area contributed by atoms with E-state index >= 15 is 0 Å². The molecule has 0 unspecified atom stereocenters. The number of carbonyl (C=O) groups excluding carboxylic acids is 1. The fraction of sp³-hybridized carbons (Fsp3) is 0.353. The second-order valence-corrected chi connectivity index (χ2v) is 8.94. The lowest BCUT2D eigenvalue weighted by atomic mass is 10.2. The molecule has 1 aromatic carbocycles. The first kappa shape index (κ1) is 24.9. The molecule has 0 fully saturated rings. The summed E-state index contributed by atoms with van der Waals surface area (Å²) in [5.74, 6) is -1.14. The summed E-state index contributed by atoms with van der Waals surface area (Å²) in [7, 11) is -2.94. The number of hydrogen-bond donors (Lipinski definition) is 0. The molecule has 168 valence electrons. The van der Waals surface area contributed by atoms with E-state index in [0.717, 1.165) is 15.8 Å². The first-order chi connectivity index (χ1) is 14.2. The largest absolute Gasteiger partial charge is 0.416 e. The smallest absolute Gasteiger partial charge is 0.372 e. The second kappa shape index (κ2) is 9.04. The molecule has 8 nitrogen and oxygen atoms in total. The number of aromatic nitrogens is 2. The quantitative estimate of drug-likeness (QED) is 0.603. The standard InChI is InChI=1S/C17H15Cl2F3N4O4S/c1-4-30-8-13(27)25(2)16-15(31(3,28)29)12(7-23)24-26(16)14-10(18)5-9(6-11(14)19)17(20,21)22/h5-6H,4,8H2,1-3H3. The Labute approximate surface area is 185 Å². The van der Waals surface area contributed by atoms with Crippen LogP contribution in [-0.4, -0.2) is 50.6 Å². The summed E-state index contributed by atoms with van der Waals surface area (Å²) >= 11 is 12.1. The Morgan fingerprint density at radius 1 is 1.32 bits per heavy atom. The number of nitrogens with zero attached hydrogens (tertiary/aromatic N) is 4. The van der Waals surface area contributed by atoms with Gasteiger partial charge < -0.3 is 4.74 Å². The van der Waals surface area contributed by atoms with Gasteiger partial charge in [0.25, 0.3) is 5.91 Å². The molecule has 0 aliphatic rings. The minimum Gasteiger partial charge on any atom is -0.372 e. The number of ether oxygens (including phenoxy) is 1. The van der Waals surface area contributed by atoms with Crippen LogP contribution >= 0.6 is 23.2 Å². The molecule has 0 spiro atoms. The van der Waals surface area contributed by atoms with Gasteiger partial charge in [0.1, 0.15) is 23.3 Å². The number of likely N-dealkylation sites (N-methyl/N-ethyl adjacent to an activating group) is 1. The Bertz CT molecular complexity index is 1150. The van der Waals surface area contributed by atoms with Crippen LogP contribution in [0.2, 0.25) is 10.0 Å². The van der Waals surface area contributed by atoms with Crippen molar-refractivity contribution in [1.29, 1.82) is 5.26 Å². The van der Waals surface area contributed by atoms with Gasteiger partial charge in [-0.1, -0.05) is 23.2 Å². The van der Waals surface area contributed by atoms with E-state index in [9.17, 15) is 31.6 Å². The van der Waals surface area contributed by atoms with Gasteiger partial charge in [0.15, 0.2) is 21.3 Å². The molecule has 1 heterocycles. The van der Waals surface area contributed by atoms with Gasteiger partial charge in [0.2, 0.25) is 0 Å². The monoisotopic (exact) mass is 498 g/mol. The Hall–Kier alpha value is -2.33. The van der Waals surface area contributed by atoms with Crippen molar-refractivity contribution >= 4 is 44.8 Å². The summed E-state index contributed by atoms with van der Waals surface area (Å²) in [6, 6.07) is 2.74. The molecular weight excluding hydrogens is 484 g/mol. The van der Waals surface area contributed by atoms with E-state index in [1.807, 2.05) is 0 Å². The zero-order valence-corrected chi connectivity index (χ0v) is 18.6. The number of amides is 1. The van der Waals surface area contributed by atoms with E-state index in [0.29, 0.717) is 12.1 Å².